The van der Waals surface area contributed by atoms with Gasteiger partial charge in [0, 0.05) is 18.0 Å². The molecule has 1 heterocycles. The molecule has 0 fully saturated rings. The van der Waals surface area contributed by atoms with Crippen molar-refractivity contribution < 1.29 is 18.3 Å². The van der Waals surface area contributed by atoms with Crippen LogP contribution in [0, 0.1) is 18.3 Å². The van der Waals surface area contributed by atoms with Gasteiger partial charge >= 0.3 is 5.97 Å². The molecule has 0 aliphatic carbocycles. The van der Waals surface area contributed by atoms with Crippen molar-refractivity contribution in [1.29, 1.82) is 5.26 Å². The highest BCUT2D eigenvalue weighted by Gasteiger charge is 2.29. The van der Waals surface area contributed by atoms with Crippen LogP contribution in [0.1, 0.15) is 27.9 Å². The first-order valence-electron chi connectivity index (χ1n) is 5.40. The minimum Gasteiger partial charge on any atom is -0.477 e. The van der Waals surface area contributed by atoms with Gasteiger partial charge in [-0.1, -0.05) is 0 Å². The van der Waals surface area contributed by atoms with Crippen molar-refractivity contribution in [2.24, 2.45) is 0 Å². The van der Waals surface area contributed by atoms with E-state index in [0.29, 0.717) is 4.88 Å². The van der Waals surface area contributed by atoms with Gasteiger partial charge in [0.2, 0.25) is 10.0 Å². The van der Waals surface area contributed by atoms with Crippen LogP contribution < -0.4 is 0 Å². The number of rotatable bonds is 5. The molecule has 1 aromatic rings. The van der Waals surface area contributed by atoms with Crippen molar-refractivity contribution in [3.8, 4) is 6.07 Å². The van der Waals surface area contributed by atoms with Gasteiger partial charge in [0.15, 0.2) is 0 Å². The molecule has 6 nitrogen and oxygen atoms in total. The summed E-state index contributed by atoms with van der Waals surface area (Å²) in [5, 5.41) is 17.5. The summed E-state index contributed by atoms with van der Waals surface area (Å²) in [6, 6.07) is 2.60. The Kier molecular flexibility index (Phi) is 4.68. The van der Waals surface area contributed by atoms with Crippen molar-refractivity contribution in [1.82, 2.24) is 4.31 Å². The molecule has 104 valence electrons. The molecule has 1 unspecified atom stereocenters. The average molecular weight is 302 g/mol. The first-order chi connectivity index (χ1) is 8.71. The maximum atomic E-state index is 12.3. The lowest BCUT2D eigenvalue weighted by atomic mass is 10.3. The van der Waals surface area contributed by atoms with Crippen LogP contribution in [0.2, 0.25) is 0 Å². The number of nitriles is 1. The maximum Gasteiger partial charge on any atom is 0.345 e. The Hall–Kier alpha value is -1.43. The molecule has 0 aromatic carbocycles. The van der Waals surface area contributed by atoms with Crippen LogP contribution >= 0.6 is 11.3 Å². The molecular weight excluding hydrogens is 288 g/mol. The third-order valence-corrected chi connectivity index (χ3v) is 6.01. The molecule has 1 atom stereocenters. The van der Waals surface area contributed by atoms with Gasteiger partial charge < -0.3 is 5.11 Å². The predicted octanol–water partition coefficient (Wildman–Crippen LogP) is 1.68. The molecule has 8 heteroatoms. The number of hydrogen-bond acceptors (Lipinski definition) is 5. The molecule has 0 aliphatic rings. The van der Waals surface area contributed by atoms with Crippen LogP contribution in [0.3, 0.4) is 0 Å². The minimum absolute atomic E-state index is 0.0119. The van der Waals surface area contributed by atoms with Crippen LogP contribution in [0.15, 0.2) is 11.0 Å². The van der Waals surface area contributed by atoms with Crippen molar-refractivity contribution in [2.45, 2.75) is 31.2 Å². The van der Waals surface area contributed by atoms with E-state index < -0.39 is 22.0 Å². The summed E-state index contributed by atoms with van der Waals surface area (Å²) in [6.45, 7) is 3.19. The number of hydrogen-bond donors (Lipinski definition) is 1. The molecule has 0 amide bonds. The zero-order valence-corrected chi connectivity index (χ0v) is 12.4. The first-order valence-corrected chi connectivity index (χ1v) is 7.66. The highest BCUT2D eigenvalue weighted by Crippen LogP contribution is 2.28. The number of aromatic carboxylic acids is 1. The van der Waals surface area contributed by atoms with Gasteiger partial charge in [-0.25, -0.2) is 13.2 Å². The monoisotopic (exact) mass is 302 g/mol. The van der Waals surface area contributed by atoms with E-state index in [1.54, 1.807) is 13.8 Å². The molecule has 0 spiro atoms. The Morgan fingerprint density at radius 3 is 2.63 bits per heavy atom. The second-order valence-electron chi connectivity index (χ2n) is 4.07. The molecule has 19 heavy (non-hydrogen) atoms. The molecule has 0 radical (unpaired) electrons. The minimum atomic E-state index is -3.77. The number of nitrogens with zero attached hydrogens (tertiary/aromatic N) is 2. The van der Waals surface area contributed by atoms with E-state index in [4.69, 9.17) is 10.4 Å². The zero-order valence-electron chi connectivity index (χ0n) is 10.7. The highest BCUT2D eigenvalue weighted by molar-refractivity contribution is 7.89. The van der Waals surface area contributed by atoms with Crippen LogP contribution in [0.4, 0.5) is 0 Å². The van der Waals surface area contributed by atoms with Crippen molar-refractivity contribution in [3.63, 3.8) is 0 Å². The van der Waals surface area contributed by atoms with E-state index in [2.05, 4.69) is 0 Å². The Labute approximate surface area is 115 Å². The van der Waals surface area contributed by atoms with E-state index in [1.807, 2.05) is 6.07 Å². The number of aryl methyl sites for hydroxylation is 1. The predicted molar refractivity (Wildman–Crippen MR) is 70.7 cm³/mol. The Bertz CT molecular complexity index is 628. The van der Waals surface area contributed by atoms with Crippen LogP contribution in [0.25, 0.3) is 0 Å². The Balaban J connectivity index is 3.21. The van der Waals surface area contributed by atoms with Gasteiger partial charge in [0.25, 0.3) is 0 Å². The Morgan fingerprint density at radius 2 is 2.21 bits per heavy atom. The van der Waals surface area contributed by atoms with Gasteiger partial charge in [-0.2, -0.15) is 9.57 Å². The highest BCUT2D eigenvalue weighted by atomic mass is 32.2. The van der Waals surface area contributed by atoms with Crippen LogP contribution in [-0.2, 0) is 10.0 Å². The second-order valence-corrected chi connectivity index (χ2v) is 7.29. The molecule has 0 aliphatic heterocycles. The lowest BCUT2D eigenvalue weighted by Crippen LogP contribution is -2.34. The largest absolute Gasteiger partial charge is 0.477 e. The van der Waals surface area contributed by atoms with Crippen molar-refractivity contribution in [2.75, 3.05) is 7.05 Å². The van der Waals surface area contributed by atoms with Crippen molar-refractivity contribution >= 4 is 27.3 Å². The maximum absolute atomic E-state index is 12.3. The zero-order chi connectivity index (χ0) is 14.8. The first kappa shape index (κ1) is 15.6. The summed E-state index contributed by atoms with van der Waals surface area (Å²) >= 11 is 0.921. The molecule has 1 N–H and O–H groups in total. The third kappa shape index (κ3) is 3.12. The summed E-state index contributed by atoms with van der Waals surface area (Å²) in [6.07, 6.45) is 0.0741. The van der Waals surface area contributed by atoms with Gasteiger partial charge in [0.05, 0.1) is 17.4 Å². The number of thiophene rings is 1. The fraction of sp³-hybridized carbons (Fsp3) is 0.455. The van der Waals surface area contributed by atoms with E-state index in [-0.39, 0.29) is 16.2 Å². The average Bonchev–Trinajstić information content (AvgIpc) is 2.71. The van der Waals surface area contributed by atoms with Crippen LogP contribution in [0.5, 0.6) is 0 Å². The molecule has 1 rings (SSSR count). The fourth-order valence-corrected chi connectivity index (χ4v) is 4.24. The number of carboxylic acids is 1. The summed E-state index contributed by atoms with van der Waals surface area (Å²) in [4.78, 5) is 11.3. The van der Waals surface area contributed by atoms with Gasteiger partial charge in [-0.15, -0.1) is 11.3 Å². The number of carboxylic acid groups (broad SMARTS) is 1. The molecule has 0 saturated heterocycles. The van der Waals surface area contributed by atoms with E-state index in [9.17, 15) is 13.2 Å². The van der Waals surface area contributed by atoms with Gasteiger partial charge in [-0.3, -0.25) is 0 Å². The summed E-state index contributed by atoms with van der Waals surface area (Å²) in [5.41, 5.74) is 0. The van der Waals surface area contributed by atoms with Crippen molar-refractivity contribution in [3.05, 3.63) is 15.8 Å². The molecule has 0 bridgehead atoms. The smallest absolute Gasteiger partial charge is 0.345 e. The third-order valence-electron chi connectivity index (χ3n) is 2.75. The normalized spacial score (nSPS) is 13.2. The molecule has 0 saturated carbocycles. The molecular formula is C11H14N2O4S2. The number of sulfonamides is 1. The standard InChI is InChI=1S/C11H14N2O4S2/c1-7(4-5-12)13(3)19(16,17)10-6-9(11(14)15)18-8(10)2/h6-7H,4H2,1-3H3,(H,14,15). The van der Waals surface area contributed by atoms with E-state index >= 15 is 0 Å². The Morgan fingerprint density at radius 1 is 1.63 bits per heavy atom. The lowest BCUT2D eigenvalue weighted by Gasteiger charge is -2.22. The summed E-state index contributed by atoms with van der Waals surface area (Å²) in [7, 11) is -2.39. The lowest BCUT2D eigenvalue weighted by molar-refractivity contribution is 0.0702. The van der Waals surface area contributed by atoms with Crippen LogP contribution in [-0.4, -0.2) is 36.9 Å². The summed E-state index contributed by atoms with van der Waals surface area (Å²) < 4.78 is 25.8. The quantitative estimate of drug-likeness (QED) is 0.892. The topological polar surface area (TPSA) is 98.5 Å². The fourth-order valence-electron chi connectivity index (χ4n) is 1.48. The molecule has 1 aromatic heterocycles. The summed E-state index contributed by atoms with van der Waals surface area (Å²) in [5.74, 6) is -1.15. The SMILES string of the molecule is Cc1sc(C(=O)O)cc1S(=O)(=O)N(C)C(C)CC#N. The second kappa shape index (κ2) is 5.69. The van der Waals surface area contributed by atoms with Gasteiger partial charge in [0.1, 0.15) is 4.88 Å². The van der Waals surface area contributed by atoms with Gasteiger partial charge in [-0.05, 0) is 19.9 Å². The number of carbonyl (C=O) groups is 1. The van der Waals surface area contributed by atoms with E-state index in [0.717, 1.165) is 21.7 Å². The van der Waals surface area contributed by atoms with E-state index in [1.165, 1.54) is 7.05 Å².